The Morgan fingerprint density at radius 2 is 1.56 bits per heavy atom. The lowest BCUT2D eigenvalue weighted by Crippen LogP contribution is -2.52. The van der Waals surface area contributed by atoms with Crippen LogP contribution in [0.2, 0.25) is 0 Å². The summed E-state index contributed by atoms with van der Waals surface area (Å²) in [5.41, 5.74) is 2.87. The van der Waals surface area contributed by atoms with Gasteiger partial charge in [-0.25, -0.2) is 12.8 Å². The number of carbonyl (C=O) groups is 2. The summed E-state index contributed by atoms with van der Waals surface area (Å²) in [4.78, 5) is 29.5. The highest BCUT2D eigenvalue weighted by atomic mass is 32.2. The molecule has 0 spiro atoms. The summed E-state index contributed by atoms with van der Waals surface area (Å²) >= 11 is 0. The maximum Gasteiger partial charge on any atom is 0.243 e. The molecule has 1 N–H and O–H groups in total. The van der Waals surface area contributed by atoms with E-state index in [0.29, 0.717) is 6.42 Å². The molecule has 0 radical (unpaired) electrons. The third kappa shape index (κ3) is 9.38. The second-order valence-electron chi connectivity index (χ2n) is 11.4. The van der Waals surface area contributed by atoms with E-state index in [1.54, 1.807) is 11.0 Å². The van der Waals surface area contributed by atoms with Crippen molar-refractivity contribution in [2.24, 2.45) is 0 Å². The van der Waals surface area contributed by atoms with Crippen LogP contribution in [0, 0.1) is 12.7 Å². The Hall–Kier alpha value is -3.72. The van der Waals surface area contributed by atoms with Crippen LogP contribution in [0.1, 0.15) is 61.6 Å². The standard InChI is InChI=1S/C34H42FN3O4S/c1-26-19-21-28(22-20-26)25-37(33(39)18-11-23-38(43(2,41)42)31-17-10-9-16-30(31)35)32(24-27-12-5-3-6-13-27)34(40)36-29-14-7-4-8-15-29/h3,5-6,9-10,12-13,16-17,19-22,29,32H,4,7-8,11,14-15,18,23-25H2,1-2H3,(H,36,40)/t32-/m1/s1. The Labute approximate surface area is 255 Å². The van der Waals surface area contributed by atoms with E-state index in [4.69, 9.17) is 0 Å². The van der Waals surface area contributed by atoms with Gasteiger partial charge in [-0.15, -0.1) is 0 Å². The molecule has 43 heavy (non-hydrogen) atoms. The van der Waals surface area contributed by atoms with Gasteiger partial charge in [-0.05, 0) is 49.4 Å². The molecule has 0 aromatic heterocycles. The van der Waals surface area contributed by atoms with Gasteiger partial charge >= 0.3 is 0 Å². The topological polar surface area (TPSA) is 86.8 Å². The molecule has 0 heterocycles. The van der Waals surface area contributed by atoms with Crippen LogP contribution in [0.15, 0.2) is 78.9 Å². The molecule has 1 aliphatic carbocycles. The third-order valence-corrected chi connectivity index (χ3v) is 9.15. The van der Waals surface area contributed by atoms with Crippen molar-refractivity contribution < 1.29 is 22.4 Å². The van der Waals surface area contributed by atoms with Crippen LogP contribution in [0.3, 0.4) is 0 Å². The number of anilines is 1. The Morgan fingerprint density at radius 3 is 2.21 bits per heavy atom. The lowest BCUT2D eigenvalue weighted by molar-refractivity contribution is -0.141. The number of hydrogen-bond acceptors (Lipinski definition) is 4. The highest BCUT2D eigenvalue weighted by molar-refractivity contribution is 7.92. The van der Waals surface area contributed by atoms with E-state index in [0.717, 1.165) is 59.4 Å². The zero-order valence-electron chi connectivity index (χ0n) is 25.0. The first-order chi connectivity index (χ1) is 20.6. The minimum Gasteiger partial charge on any atom is -0.352 e. The molecule has 7 nitrogen and oxygen atoms in total. The van der Waals surface area contributed by atoms with Crippen molar-refractivity contribution in [3.05, 3.63) is 101 Å². The third-order valence-electron chi connectivity index (χ3n) is 7.97. The summed E-state index contributed by atoms with van der Waals surface area (Å²) in [6.07, 6.45) is 6.67. The highest BCUT2D eigenvalue weighted by Crippen LogP contribution is 2.23. The predicted octanol–water partition coefficient (Wildman–Crippen LogP) is 5.77. The molecular weight excluding hydrogens is 565 g/mol. The van der Waals surface area contributed by atoms with Gasteiger partial charge in [0.25, 0.3) is 0 Å². The van der Waals surface area contributed by atoms with E-state index >= 15 is 0 Å². The number of nitrogens with zero attached hydrogens (tertiary/aromatic N) is 2. The van der Waals surface area contributed by atoms with Crippen LogP contribution >= 0.6 is 0 Å². The summed E-state index contributed by atoms with van der Waals surface area (Å²) in [6, 6.07) is 22.5. The van der Waals surface area contributed by atoms with Gasteiger partial charge in [-0.2, -0.15) is 0 Å². The average Bonchev–Trinajstić information content (AvgIpc) is 2.99. The van der Waals surface area contributed by atoms with E-state index in [-0.39, 0.29) is 49.5 Å². The predicted molar refractivity (Wildman–Crippen MR) is 169 cm³/mol. The van der Waals surface area contributed by atoms with Gasteiger partial charge in [0.15, 0.2) is 0 Å². The quantitative estimate of drug-likeness (QED) is 0.267. The fourth-order valence-corrected chi connectivity index (χ4v) is 6.59. The zero-order valence-corrected chi connectivity index (χ0v) is 25.9. The summed E-state index contributed by atoms with van der Waals surface area (Å²) < 4.78 is 40.6. The molecule has 1 fully saturated rings. The van der Waals surface area contributed by atoms with Crippen molar-refractivity contribution in [2.45, 2.75) is 76.9 Å². The van der Waals surface area contributed by atoms with Crippen molar-refractivity contribution in [3.8, 4) is 0 Å². The number of hydrogen-bond donors (Lipinski definition) is 1. The van der Waals surface area contributed by atoms with Gasteiger partial charge in [-0.3, -0.25) is 13.9 Å². The first-order valence-electron chi connectivity index (χ1n) is 15.0. The first-order valence-corrected chi connectivity index (χ1v) is 16.9. The number of amides is 2. The monoisotopic (exact) mass is 607 g/mol. The summed E-state index contributed by atoms with van der Waals surface area (Å²) in [5.74, 6) is -1.09. The van der Waals surface area contributed by atoms with Gasteiger partial charge in [0.05, 0.1) is 11.9 Å². The number of rotatable bonds is 13. The molecule has 0 unspecified atom stereocenters. The maximum absolute atomic E-state index is 14.5. The van der Waals surface area contributed by atoms with Crippen LogP contribution in [0.5, 0.6) is 0 Å². The van der Waals surface area contributed by atoms with Crippen molar-refractivity contribution in [1.82, 2.24) is 10.2 Å². The molecule has 0 aliphatic heterocycles. The Balaban J connectivity index is 1.59. The molecule has 9 heteroatoms. The van der Waals surface area contributed by atoms with Crippen LogP contribution in [-0.4, -0.2) is 50.0 Å². The number of aryl methyl sites for hydroxylation is 1. The zero-order chi connectivity index (χ0) is 30.8. The molecule has 3 aromatic carbocycles. The number of nitrogens with one attached hydrogen (secondary N) is 1. The number of halogens is 1. The van der Waals surface area contributed by atoms with E-state index in [1.807, 2.05) is 61.5 Å². The van der Waals surface area contributed by atoms with Crippen molar-refractivity contribution in [3.63, 3.8) is 0 Å². The molecule has 4 rings (SSSR count). The summed E-state index contributed by atoms with van der Waals surface area (Å²) in [6.45, 7) is 2.16. The second kappa shape index (κ2) is 15.1. The van der Waals surface area contributed by atoms with E-state index in [2.05, 4.69) is 5.32 Å². The van der Waals surface area contributed by atoms with E-state index in [9.17, 15) is 22.4 Å². The van der Waals surface area contributed by atoms with Crippen molar-refractivity contribution >= 4 is 27.5 Å². The van der Waals surface area contributed by atoms with Crippen LogP contribution in [-0.2, 0) is 32.6 Å². The first kappa shape index (κ1) is 32.2. The normalized spacial score (nSPS) is 14.6. The molecule has 0 bridgehead atoms. The molecular formula is C34H42FN3O4S. The summed E-state index contributed by atoms with van der Waals surface area (Å²) in [5, 5.41) is 3.23. The fraction of sp³-hybridized carbons (Fsp3) is 0.412. The molecule has 2 amide bonds. The Kier molecular flexibility index (Phi) is 11.3. The average molecular weight is 608 g/mol. The lowest BCUT2D eigenvalue weighted by atomic mass is 9.94. The number of benzene rings is 3. The minimum absolute atomic E-state index is 0.00562. The SMILES string of the molecule is Cc1ccc(CN(C(=O)CCCN(c2ccccc2F)S(C)(=O)=O)[C@H](Cc2ccccc2)C(=O)NC2CCCCC2)cc1. The maximum atomic E-state index is 14.5. The Morgan fingerprint density at radius 1 is 0.907 bits per heavy atom. The highest BCUT2D eigenvalue weighted by Gasteiger charge is 2.32. The number of para-hydroxylation sites is 1. The van der Waals surface area contributed by atoms with Crippen molar-refractivity contribution in [2.75, 3.05) is 17.1 Å². The van der Waals surface area contributed by atoms with Gasteiger partial charge in [0.2, 0.25) is 21.8 Å². The number of sulfonamides is 1. The van der Waals surface area contributed by atoms with Gasteiger partial charge in [0, 0.05) is 32.0 Å². The molecule has 230 valence electrons. The van der Waals surface area contributed by atoms with Crippen LogP contribution < -0.4 is 9.62 Å². The minimum atomic E-state index is -3.79. The van der Waals surface area contributed by atoms with Crippen LogP contribution in [0.25, 0.3) is 0 Å². The number of carbonyl (C=O) groups excluding carboxylic acids is 2. The largest absolute Gasteiger partial charge is 0.352 e. The Bertz CT molecular complexity index is 1460. The van der Waals surface area contributed by atoms with Gasteiger partial charge in [0.1, 0.15) is 11.9 Å². The van der Waals surface area contributed by atoms with Crippen molar-refractivity contribution in [1.29, 1.82) is 0 Å². The van der Waals surface area contributed by atoms with E-state index in [1.165, 1.54) is 18.2 Å². The smallest absolute Gasteiger partial charge is 0.243 e. The lowest BCUT2D eigenvalue weighted by Gasteiger charge is -2.34. The molecule has 3 aromatic rings. The molecule has 0 saturated heterocycles. The summed E-state index contributed by atoms with van der Waals surface area (Å²) in [7, 11) is -3.79. The van der Waals surface area contributed by atoms with E-state index < -0.39 is 21.9 Å². The molecule has 1 atom stereocenters. The second-order valence-corrected chi connectivity index (χ2v) is 13.4. The molecule has 1 saturated carbocycles. The van der Waals surface area contributed by atoms with Gasteiger partial charge in [-0.1, -0.05) is 91.6 Å². The molecule has 1 aliphatic rings. The van der Waals surface area contributed by atoms with Gasteiger partial charge < -0.3 is 10.2 Å². The fourth-order valence-electron chi connectivity index (χ4n) is 5.62. The van der Waals surface area contributed by atoms with Crippen LogP contribution in [0.4, 0.5) is 10.1 Å².